The lowest BCUT2D eigenvalue weighted by molar-refractivity contribution is -0.130. The third-order valence-electron chi connectivity index (χ3n) is 4.23. The monoisotopic (exact) mass is 318 g/mol. The van der Waals surface area contributed by atoms with E-state index in [1.165, 1.54) is 0 Å². The van der Waals surface area contributed by atoms with Gasteiger partial charge in [-0.25, -0.2) is 0 Å². The molecular weight excluding hydrogens is 292 g/mol. The first-order valence-electron chi connectivity index (χ1n) is 8.24. The Morgan fingerprint density at radius 1 is 1.35 bits per heavy atom. The van der Waals surface area contributed by atoms with E-state index in [4.69, 9.17) is 4.74 Å². The molecule has 0 aliphatic carbocycles. The van der Waals surface area contributed by atoms with Gasteiger partial charge in [-0.15, -0.1) is 0 Å². The maximum atomic E-state index is 11.9. The molecule has 0 aromatic heterocycles. The molecule has 2 rings (SSSR count). The predicted octanol–water partition coefficient (Wildman–Crippen LogP) is 2.03. The first-order valence-corrected chi connectivity index (χ1v) is 8.24. The summed E-state index contributed by atoms with van der Waals surface area (Å²) in [5.74, 6) is -0.0447. The van der Waals surface area contributed by atoms with Crippen LogP contribution in [0, 0.1) is 6.92 Å². The molecule has 0 saturated carbocycles. The van der Waals surface area contributed by atoms with Gasteiger partial charge in [0.1, 0.15) is 0 Å². The molecule has 0 radical (unpaired) electrons. The molecule has 1 aromatic rings. The quantitative estimate of drug-likeness (QED) is 0.837. The molecule has 1 atom stereocenters. The van der Waals surface area contributed by atoms with Gasteiger partial charge in [-0.3, -0.25) is 9.59 Å². The third kappa shape index (κ3) is 5.67. The summed E-state index contributed by atoms with van der Waals surface area (Å²) in [4.78, 5) is 25.5. The van der Waals surface area contributed by atoms with Crippen LogP contribution in [0.1, 0.15) is 37.3 Å². The van der Waals surface area contributed by atoms with E-state index >= 15 is 0 Å². The number of hydrogen-bond donors (Lipinski definition) is 1. The third-order valence-corrected chi connectivity index (χ3v) is 4.23. The second kappa shape index (κ2) is 8.67. The highest BCUT2D eigenvalue weighted by molar-refractivity contribution is 5.78. The fraction of sp³-hybridized carbons (Fsp3) is 0.556. The number of nitrogens with one attached hydrogen (secondary N) is 1. The van der Waals surface area contributed by atoms with Crippen molar-refractivity contribution < 1.29 is 14.3 Å². The molecule has 5 heteroatoms. The zero-order valence-electron chi connectivity index (χ0n) is 14.0. The molecule has 1 aliphatic heterocycles. The Balaban J connectivity index is 1.78. The molecule has 0 spiro atoms. The molecule has 1 aromatic carbocycles. The molecule has 1 heterocycles. The van der Waals surface area contributed by atoms with Crippen LogP contribution in [0.5, 0.6) is 0 Å². The highest BCUT2D eigenvalue weighted by Crippen LogP contribution is 2.12. The fourth-order valence-electron chi connectivity index (χ4n) is 2.70. The largest absolute Gasteiger partial charge is 0.376 e. The summed E-state index contributed by atoms with van der Waals surface area (Å²) in [5, 5.41) is 2.89. The average molecular weight is 318 g/mol. The summed E-state index contributed by atoms with van der Waals surface area (Å²) in [6.07, 6.45) is 2.54. The number of benzene rings is 1. The number of amides is 2. The molecule has 0 bridgehead atoms. The van der Waals surface area contributed by atoms with Crippen LogP contribution >= 0.6 is 0 Å². The number of hydrogen-bond acceptors (Lipinski definition) is 3. The lowest BCUT2D eigenvalue weighted by atomic mass is 10.1. The first-order chi connectivity index (χ1) is 11.1. The van der Waals surface area contributed by atoms with Gasteiger partial charge in [0.05, 0.1) is 6.10 Å². The van der Waals surface area contributed by atoms with Gasteiger partial charge in [0.15, 0.2) is 0 Å². The Morgan fingerprint density at radius 3 is 2.78 bits per heavy atom. The van der Waals surface area contributed by atoms with Crippen molar-refractivity contribution in [1.82, 2.24) is 10.2 Å². The van der Waals surface area contributed by atoms with Crippen LogP contribution in [0.25, 0.3) is 0 Å². The van der Waals surface area contributed by atoms with Gasteiger partial charge in [0, 0.05) is 39.6 Å². The van der Waals surface area contributed by atoms with Crippen LogP contribution in [0.3, 0.4) is 0 Å². The van der Waals surface area contributed by atoms with Crippen molar-refractivity contribution in [3.8, 4) is 0 Å². The molecule has 1 fully saturated rings. The fourth-order valence-corrected chi connectivity index (χ4v) is 2.70. The second-order valence-corrected chi connectivity index (χ2v) is 6.06. The van der Waals surface area contributed by atoms with E-state index in [0.717, 1.165) is 30.6 Å². The van der Waals surface area contributed by atoms with Gasteiger partial charge < -0.3 is 15.0 Å². The van der Waals surface area contributed by atoms with Gasteiger partial charge in [0.2, 0.25) is 11.8 Å². The number of ether oxygens (including phenoxy) is 1. The van der Waals surface area contributed by atoms with Crippen molar-refractivity contribution >= 4 is 11.8 Å². The van der Waals surface area contributed by atoms with E-state index in [-0.39, 0.29) is 17.9 Å². The minimum atomic E-state index is -0.0310. The molecule has 5 nitrogen and oxygen atoms in total. The van der Waals surface area contributed by atoms with Crippen LogP contribution in [0.2, 0.25) is 0 Å². The van der Waals surface area contributed by atoms with Crippen molar-refractivity contribution in [2.45, 2.75) is 45.8 Å². The Bertz CT molecular complexity index is 539. The van der Waals surface area contributed by atoms with Crippen LogP contribution < -0.4 is 5.32 Å². The number of nitrogens with zero attached hydrogens (tertiary/aromatic N) is 1. The van der Waals surface area contributed by atoms with Crippen LogP contribution in [0.15, 0.2) is 24.3 Å². The second-order valence-electron chi connectivity index (χ2n) is 6.06. The molecule has 1 unspecified atom stereocenters. The minimum Gasteiger partial charge on any atom is -0.376 e. The number of carbonyl (C=O) groups excluding carboxylic acids is 2. The summed E-state index contributed by atoms with van der Waals surface area (Å²) >= 11 is 0. The molecule has 1 saturated heterocycles. The Morgan fingerprint density at radius 2 is 2.13 bits per heavy atom. The molecule has 23 heavy (non-hydrogen) atoms. The molecule has 1 aliphatic rings. The number of carbonyl (C=O) groups is 2. The van der Waals surface area contributed by atoms with E-state index < -0.39 is 0 Å². The summed E-state index contributed by atoms with van der Waals surface area (Å²) in [7, 11) is 0. The molecule has 1 N–H and O–H groups in total. The SMILES string of the molecule is CC(=O)N(CCC(=O)NCC1CCCO1)Cc1ccccc1C. The van der Waals surface area contributed by atoms with Gasteiger partial charge in [-0.1, -0.05) is 24.3 Å². The molecular formula is C18H26N2O3. The van der Waals surface area contributed by atoms with Crippen molar-refractivity contribution in [2.75, 3.05) is 19.7 Å². The number of rotatable bonds is 7. The van der Waals surface area contributed by atoms with Crippen LogP contribution in [0.4, 0.5) is 0 Å². The Hall–Kier alpha value is -1.88. The molecule has 2 amide bonds. The maximum absolute atomic E-state index is 11.9. The van der Waals surface area contributed by atoms with Gasteiger partial charge in [-0.05, 0) is 30.9 Å². The van der Waals surface area contributed by atoms with Gasteiger partial charge in [-0.2, -0.15) is 0 Å². The van der Waals surface area contributed by atoms with E-state index in [9.17, 15) is 9.59 Å². The van der Waals surface area contributed by atoms with Crippen LogP contribution in [-0.2, 0) is 20.9 Å². The minimum absolute atomic E-state index is 0.0137. The topological polar surface area (TPSA) is 58.6 Å². The summed E-state index contributed by atoms with van der Waals surface area (Å²) < 4.78 is 5.48. The van der Waals surface area contributed by atoms with E-state index in [1.54, 1.807) is 11.8 Å². The van der Waals surface area contributed by atoms with Crippen molar-refractivity contribution in [3.63, 3.8) is 0 Å². The van der Waals surface area contributed by atoms with Crippen molar-refractivity contribution in [2.24, 2.45) is 0 Å². The first kappa shape index (κ1) is 17.5. The normalized spacial score (nSPS) is 17.0. The zero-order chi connectivity index (χ0) is 16.7. The van der Waals surface area contributed by atoms with Gasteiger partial charge >= 0.3 is 0 Å². The zero-order valence-corrected chi connectivity index (χ0v) is 14.0. The van der Waals surface area contributed by atoms with E-state index in [2.05, 4.69) is 5.32 Å². The summed E-state index contributed by atoms with van der Waals surface area (Å²) in [6.45, 7) is 5.90. The van der Waals surface area contributed by atoms with E-state index in [1.807, 2.05) is 31.2 Å². The standard InChI is InChI=1S/C18H26N2O3/c1-14-6-3-4-7-16(14)13-20(15(2)21)10-9-18(22)19-12-17-8-5-11-23-17/h3-4,6-7,17H,5,8-13H2,1-2H3,(H,19,22). The van der Waals surface area contributed by atoms with Gasteiger partial charge in [0.25, 0.3) is 0 Å². The highest BCUT2D eigenvalue weighted by atomic mass is 16.5. The summed E-state index contributed by atoms with van der Waals surface area (Å²) in [5.41, 5.74) is 2.27. The predicted molar refractivity (Wildman–Crippen MR) is 88.9 cm³/mol. The van der Waals surface area contributed by atoms with E-state index in [0.29, 0.717) is 26.1 Å². The van der Waals surface area contributed by atoms with Crippen LogP contribution in [-0.4, -0.2) is 42.5 Å². The highest BCUT2D eigenvalue weighted by Gasteiger charge is 2.17. The lowest BCUT2D eigenvalue weighted by Crippen LogP contribution is -2.36. The lowest BCUT2D eigenvalue weighted by Gasteiger charge is -2.22. The molecule has 126 valence electrons. The Labute approximate surface area is 138 Å². The maximum Gasteiger partial charge on any atom is 0.221 e. The Kier molecular flexibility index (Phi) is 6.59. The van der Waals surface area contributed by atoms with Crippen molar-refractivity contribution in [3.05, 3.63) is 35.4 Å². The average Bonchev–Trinajstić information content (AvgIpc) is 3.04. The summed E-state index contributed by atoms with van der Waals surface area (Å²) in [6, 6.07) is 8.00. The smallest absolute Gasteiger partial charge is 0.221 e. The number of aryl methyl sites for hydroxylation is 1. The van der Waals surface area contributed by atoms with Crippen molar-refractivity contribution in [1.29, 1.82) is 0 Å².